The summed E-state index contributed by atoms with van der Waals surface area (Å²) >= 11 is 13.2. The number of anilines is 1. The van der Waals surface area contributed by atoms with E-state index in [0.717, 1.165) is 36.9 Å². The van der Waals surface area contributed by atoms with Crippen molar-refractivity contribution in [2.24, 2.45) is 0 Å². The summed E-state index contributed by atoms with van der Waals surface area (Å²) < 4.78 is 0. The maximum absolute atomic E-state index is 12.5. The lowest BCUT2D eigenvalue weighted by atomic mass is 9.95. The van der Waals surface area contributed by atoms with Crippen LogP contribution in [0.15, 0.2) is 29.3 Å². The molecule has 26 heavy (non-hydrogen) atoms. The smallest absolute Gasteiger partial charge is 0.237 e. The Morgan fingerprint density at radius 2 is 2.04 bits per heavy atom. The van der Waals surface area contributed by atoms with E-state index in [9.17, 15) is 10.1 Å². The summed E-state index contributed by atoms with van der Waals surface area (Å²) in [5.74, 6) is -0.184. The maximum atomic E-state index is 12.5. The van der Waals surface area contributed by atoms with Gasteiger partial charge in [-0.2, -0.15) is 5.26 Å². The largest absolute Gasteiger partial charge is 0.325 e. The van der Waals surface area contributed by atoms with Crippen molar-refractivity contribution >= 4 is 46.6 Å². The SMILES string of the molecule is CC(Sc1nc2c(cc1C#N)CCCC2)C(=O)Nc1ccc(Cl)c(Cl)c1. The second-order valence-corrected chi connectivity index (χ2v) is 8.29. The monoisotopic (exact) mass is 405 g/mol. The summed E-state index contributed by atoms with van der Waals surface area (Å²) in [7, 11) is 0. The average Bonchev–Trinajstić information content (AvgIpc) is 2.64. The van der Waals surface area contributed by atoms with Gasteiger partial charge in [0.25, 0.3) is 0 Å². The van der Waals surface area contributed by atoms with Crippen LogP contribution in [0.2, 0.25) is 10.0 Å². The van der Waals surface area contributed by atoms with Crippen molar-refractivity contribution in [1.82, 2.24) is 4.98 Å². The van der Waals surface area contributed by atoms with Crippen LogP contribution >= 0.6 is 35.0 Å². The Morgan fingerprint density at radius 1 is 1.27 bits per heavy atom. The normalized spacial score (nSPS) is 14.2. The van der Waals surface area contributed by atoms with Crippen molar-refractivity contribution in [1.29, 1.82) is 5.26 Å². The number of nitriles is 1. The molecule has 1 aliphatic carbocycles. The molecule has 3 rings (SSSR count). The molecule has 1 aromatic heterocycles. The van der Waals surface area contributed by atoms with Gasteiger partial charge in [-0.1, -0.05) is 35.0 Å². The number of nitrogens with one attached hydrogen (secondary N) is 1. The van der Waals surface area contributed by atoms with Gasteiger partial charge in [-0.25, -0.2) is 4.98 Å². The number of carbonyl (C=O) groups excluding carboxylic acids is 1. The highest BCUT2D eigenvalue weighted by Crippen LogP contribution is 2.31. The van der Waals surface area contributed by atoms with Crippen LogP contribution in [0.4, 0.5) is 5.69 Å². The number of fused-ring (bicyclic) bond motifs is 1. The van der Waals surface area contributed by atoms with E-state index in [1.54, 1.807) is 25.1 Å². The summed E-state index contributed by atoms with van der Waals surface area (Å²) in [6.45, 7) is 1.79. The van der Waals surface area contributed by atoms with E-state index in [1.165, 1.54) is 11.8 Å². The molecule has 1 aliphatic rings. The molecular weight excluding hydrogens is 389 g/mol. The van der Waals surface area contributed by atoms with Gasteiger partial charge < -0.3 is 5.32 Å². The number of thioether (sulfide) groups is 1. The van der Waals surface area contributed by atoms with Gasteiger partial charge in [-0.3, -0.25) is 4.79 Å². The van der Waals surface area contributed by atoms with Crippen molar-refractivity contribution in [2.75, 3.05) is 5.32 Å². The molecule has 0 saturated carbocycles. The number of benzene rings is 1. The lowest BCUT2D eigenvalue weighted by molar-refractivity contribution is -0.115. The molecule has 1 aromatic carbocycles. The molecule has 0 bridgehead atoms. The fourth-order valence-corrected chi connectivity index (χ4v) is 4.02. The Labute approximate surface area is 166 Å². The van der Waals surface area contributed by atoms with E-state index in [-0.39, 0.29) is 5.91 Å². The Hall–Kier alpha value is -1.74. The molecule has 1 amide bonds. The summed E-state index contributed by atoms with van der Waals surface area (Å²) in [6.07, 6.45) is 4.14. The van der Waals surface area contributed by atoms with Crippen LogP contribution in [0.25, 0.3) is 0 Å². The Bertz CT molecular complexity index is 895. The highest BCUT2D eigenvalue weighted by Gasteiger charge is 2.21. The predicted molar refractivity (Wildman–Crippen MR) is 106 cm³/mol. The first kappa shape index (κ1) is 19.0. The van der Waals surface area contributed by atoms with Crippen molar-refractivity contribution in [3.8, 4) is 6.07 Å². The lowest BCUT2D eigenvalue weighted by Crippen LogP contribution is -2.22. The lowest BCUT2D eigenvalue weighted by Gasteiger charge is -2.18. The van der Waals surface area contributed by atoms with E-state index in [4.69, 9.17) is 23.2 Å². The van der Waals surface area contributed by atoms with Gasteiger partial charge in [0.2, 0.25) is 5.91 Å². The van der Waals surface area contributed by atoms with E-state index in [2.05, 4.69) is 16.4 Å². The first-order chi connectivity index (χ1) is 12.5. The fraction of sp³-hybridized carbons (Fsp3) is 0.316. The van der Waals surface area contributed by atoms with Gasteiger partial charge in [-0.05, 0) is 62.4 Å². The summed E-state index contributed by atoms with van der Waals surface area (Å²) in [5, 5.41) is 13.3. The third-order valence-corrected chi connectivity index (χ3v) is 6.07. The van der Waals surface area contributed by atoms with Crippen LogP contribution < -0.4 is 5.32 Å². The number of amides is 1. The number of hydrogen-bond donors (Lipinski definition) is 1. The number of rotatable bonds is 4. The Morgan fingerprint density at radius 3 is 2.77 bits per heavy atom. The first-order valence-electron chi connectivity index (χ1n) is 8.33. The van der Waals surface area contributed by atoms with Gasteiger partial charge in [0.1, 0.15) is 11.1 Å². The van der Waals surface area contributed by atoms with Gasteiger partial charge in [0, 0.05) is 11.4 Å². The number of halogens is 2. The van der Waals surface area contributed by atoms with Crippen LogP contribution in [-0.2, 0) is 17.6 Å². The topological polar surface area (TPSA) is 65.8 Å². The third-order valence-electron chi connectivity index (χ3n) is 4.23. The minimum atomic E-state index is -0.411. The van der Waals surface area contributed by atoms with E-state index < -0.39 is 5.25 Å². The highest BCUT2D eigenvalue weighted by molar-refractivity contribution is 8.00. The quantitative estimate of drug-likeness (QED) is 0.704. The zero-order valence-corrected chi connectivity index (χ0v) is 16.5. The molecule has 1 atom stereocenters. The van der Waals surface area contributed by atoms with E-state index in [1.807, 2.05) is 6.07 Å². The highest BCUT2D eigenvalue weighted by atomic mass is 35.5. The molecule has 134 valence electrons. The molecule has 1 heterocycles. The Kier molecular flexibility index (Phi) is 6.08. The molecule has 4 nitrogen and oxygen atoms in total. The zero-order valence-electron chi connectivity index (χ0n) is 14.2. The number of nitrogens with zero attached hydrogens (tertiary/aromatic N) is 2. The molecule has 0 radical (unpaired) electrons. The molecule has 0 spiro atoms. The first-order valence-corrected chi connectivity index (χ1v) is 9.97. The maximum Gasteiger partial charge on any atom is 0.237 e. The average molecular weight is 406 g/mol. The number of aryl methyl sites for hydroxylation is 2. The predicted octanol–water partition coefficient (Wildman–Crippen LogP) is 5.26. The molecule has 1 N–H and O–H groups in total. The molecule has 2 aromatic rings. The molecule has 7 heteroatoms. The second kappa shape index (κ2) is 8.30. The van der Waals surface area contributed by atoms with Gasteiger partial charge >= 0.3 is 0 Å². The standard InChI is InChI=1S/C19H17Cl2N3OS/c1-11(18(25)23-14-6-7-15(20)16(21)9-14)26-19-13(10-22)8-12-4-2-3-5-17(12)24-19/h6-9,11H,2-5H2,1H3,(H,23,25). The van der Waals surface area contributed by atoms with Gasteiger partial charge in [-0.15, -0.1) is 0 Å². The Balaban J connectivity index is 1.74. The molecule has 0 saturated heterocycles. The van der Waals surface area contributed by atoms with Gasteiger partial charge in [0.15, 0.2) is 0 Å². The summed E-state index contributed by atoms with van der Waals surface area (Å²) in [6, 6.07) is 9.07. The molecule has 1 unspecified atom stereocenters. The molecular formula is C19H17Cl2N3OS. The van der Waals surface area contributed by atoms with Crippen LogP contribution in [0, 0.1) is 11.3 Å². The minimum absolute atomic E-state index is 0.184. The summed E-state index contributed by atoms with van der Waals surface area (Å²) in [4.78, 5) is 17.1. The zero-order chi connectivity index (χ0) is 18.7. The number of pyridine rings is 1. The third kappa shape index (κ3) is 4.32. The van der Waals surface area contributed by atoms with Crippen LogP contribution in [-0.4, -0.2) is 16.1 Å². The second-order valence-electron chi connectivity index (χ2n) is 6.14. The number of hydrogen-bond acceptors (Lipinski definition) is 4. The van der Waals surface area contributed by atoms with Crippen molar-refractivity contribution in [2.45, 2.75) is 42.9 Å². The number of aromatic nitrogens is 1. The van der Waals surface area contributed by atoms with Gasteiger partial charge in [0.05, 0.1) is 20.9 Å². The van der Waals surface area contributed by atoms with Crippen LogP contribution in [0.5, 0.6) is 0 Å². The summed E-state index contributed by atoms with van der Waals surface area (Å²) in [5.41, 5.74) is 3.32. The number of carbonyl (C=O) groups is 1. The minimum Gasteiger partial charge on any atom is -0.325 e. The van der Waals surface area contributed by atoms with Crippen molar-refractivity contribution in [3.63, 3.8) is 0 Å². The fourth-order valence-electron chi connectivity index (χ4n) is 2.82. The van der Waals surface area contributed by atoms with Crippen LogP contribution in [0.1, 0.15) is 36.6 Å². The van der Waals surface area contributed by atoms with E-state index >= 15 is 0 Å². The van der Waals surface area contributed by atoms with Crippen molar-refractivity contribution in [3.05, 3.63) is 51.1 Å². The molecule has 0 fully saturated rings. The van der Waals surface area contributed by atoms with Crippen LogP contribution in [0.3, 0.4) is 0 Å². The van der Waals surface area contributed by atoms with E-state index in [0.29, 0.717) is 26.3 Å². The van der Waals surface area contributed by atoms with Crippen molar-refractivity contribution < 1.29 is 4.79 Å². The molecule has 0 aliphatic heterocycles.